The number of esters is 1. The molecule has 0 aromatic carbocycles. The van der Waals surface area contributed by atoms with Gasteiger partial charge in [0, 0.05) is 25.7 Å². The Kier molecular flexibility index (Phi) is 8.74. The van der Waals surface area contributed by atoms with Gasteiger partial charge in [-0.05, 0) is 37.0 Å². The molecular formula is C19H33N3O6. The van der Waals surface area contributed by atoms with E-state index in [0.717, 1.165) is 18.9 Å². The molecule has 9 heteroatoms. The highest BCUT2D eigenvalue weighted by Gasteiger charge is 2.42. The van der Waals surface area contributed by atoms with Gasteiger partial charge in [0.25, 0.3) is 0 Å². The smallest absolute Gasteiger partial charge is 0.426 e. The lowest BCUT2D eigenvalue weighted by Crippen LogP contribution is -2.51. The van der Waals surface area contributed by atoms with Crippen LogP contribution in [-0.2, 0) is 19.1 Å². The van der Waals surface area contributed by atoms with Crippen LogP contribution in [0.25, 0.3) is 0 Å². The molecule has 3 atom stereocenters. The Labute approximate surface area is 166 Å². The van der Waals surface area contributed by atoms with Gasteiger partial charge in [-0.25, -0.2) is 14.4 Å². The van der Waals surface area contributed by atoms with Crippen LogP contribution in [-0.4, -0.2) is 50.5 Å². The van der Waals surface area contributed by atoms with Crippen molar-refractivity contribution in [3.8, 4) is 0 Å². The minimum absolute atomic E-state index is 0.0116. The Morgan fingerprint density at radius 3 is 2.50 bits per heavy atom. The highest BCUT2D eigenvalue weighted by atomic mass is 16.7. The molecule has 1 aliphatic rings. The fourth-order valence-electron chi connectivity index (χ4n) is 3.96. The molecule has 1 rings (SSSR count). The quantitative estimate of drug-likeness (QED) is 0.248. The van der Waals surface area contributed by atoms with Crippen molar-refractivity contribution in [1.29, 1.82) is 0 Å². The van der Waals surface area contributed by atoms with Crippen LogP contribution in [0.5, 0.6) is 0 Å². The van der Waals surface area contributed by atoms with E-state index in [-0.39, 0.29) is 23.5 Å². The largest absolute Gasteiger partial charge is 0.459 e. The van der Waals surface area contributed by atoms with Crippen LogP contribution in [0.1, 0.15) is 47.0 Å². The zero-order valence-corrected chi connectivity index (χ0v) is 17.4. The van der Waals surface area contributed by atoms with E-state index in [2.05, 4.69) is 43.5 Å². The first-order valence-corrected chi connectivity index (χ1v) is 9.36. The van der Waals surface area contributed by atoms with Gasteiger partial charge in [-0.15, -0.1) is 0 Å². The van der Waals surface area contributed by atoms with E-state index in [0.29, 0.717) is 13.0 Å². The van der Waals surface area contributed by atoms with Crippen molar-refractivity contribution in [3.05, 3.63) is 12.7 Å². The van der Waals surface area contributed by atoms with Crippen molar-refractivity contribution in [3.63, 3.8) is 0 Å². The molecule has 0 radical (unpaired) electrons. The predicted octanol–water partition coefficient (Wildman–Crippen LogP) is 2.28. The first kappa shape index (κ1) is 23.7. The zero-order valence-electron chi connectivity index (χ0n) is 17.4. The first-order chi connectivity index (χ1) is 13.0. The number of hydroxylamine groups is 1. The molecule has 1 saturated carbocycles. The molecule has 0 aliphatic heterocycles. The lowest BCUT2D eigenvalue weighted by Gasteiger charge is -2.46. The third-order valence-corrected chi connectivity index (χ3v) is 4.55. The maximum atomic E-state index is 12.1. The van der Waals surface area contributed by atoms with Crippen molar-refractivity contribution in [2.24, 2.45) is 10.8 Å². The molecule has 0 saturated heterocycles. The number of hydrogen-bond donors (Lipinski definition) is 3. The Bertz CT molecular complexity index is 580. The molecule has 1 aliphatic carbocycles. The summed E-state index contributed by atoms with van der Waals surface area (Å²) in [6.07, 6.45) is 1.76. The summed E-state index contributed by atoms with van der Waals surface area (Å²) in [7, 11) is 1.52. The standard InChI is InChI=1S/C19H33N3O6/c1-7-15(23)26-10-13(2)27-16(24)21-12-19(5)9-14(8-18(3,4)11-19)22-17(25)28-20-6/h7,13-14,20H,1,8-12H2,2-6H3,(H,21,24)(H,22,25). The molecule has 0 spiro atoms. The number of ether oxygens (including phenoxy) is 2. The third kappa shape index (κ3) is 8.60. The number of nitrogens with one attached hydrogen (secondary N) is 3. The molecule has 160 valence electrons. The molecule has 1 fully saturated rings. The van der Waals surface area contributed by atoms with Crippen LogP contribution in [0.2, 0.25) is 0 Å². The van der Waals surface area contributed by atoms with Gasteiger partial charge in [-0.1, -0.05) is 27.4 Å². The van der Waals surface area contributed by atoms with Gasteiger partial charge in [-0.3, -0.25) is 0 Å². The third-order valence-electron chi connectivity index (χ3n) is 4.55. The summed E-state index contributed by atoms with van der Waals surface area (Å²) in [6, 6.07) is -0.0651. The second kappa shape index (κ2) is 10.3. The summed E-state index contributed by atoms with van der Waals surface area (Å²) < 4.78 is 10.0. The average Bonchev–Trinajstić information content (AvgIpc) is 2.56. The van der Waals surface area contributed by atoms with E-state index in [1.807, 2.05) is 0 Å². The van der Waals surface area contributed by atoms with Crippen molar-refractivity contribution < 1.29 is 28.7 Å². The summed E-state index contributed by atoms with van der Waals surface area (Å²) >= 11 is 0. The Hall–Kier alpha value is -2.29. The van der Waals surface area contributed by atoms with Crippen LogP contribution < -0.4 is 16.1 Å². The minimum atomic E-state index is -0.578. The molecular weight excluding hydrogens is 366 g/mol. The zero-order chi connectivity index (χ0) is 21.4. The van der Waals surface area contributed by atoms with E-state index in [4.69, 9.17) is 14.3 Å². The molecule has 0 heterocycles. The fourth-order valence-corrected chi connectivity index (χ4v) is 3.96. The Morgan fingerprint density at radius 2 is 1.89 bits per heavy atom. The summed E-state index contributed by atoms with van der Waals surface area (Å²) in [4.78, 5) is 39.6. The van der Waals surface area contributed by atoms with Crippen molar-refractivity contribution in [2.45, 2.75) is 59.1 Å². The van der Waals surface area contributed by atoms with Gasteiger partial charge in [0.2, 0.25) is 0 Å². The molecule has 0 aromatic rings. The Balaban J connectivity index is 2.55. The number of carbonyl (C=O) groups is 3. The summed E-state index contributed by atoms with van der Waals surface area (Å²) in [5.74, 6) is -0.567. The monoisotopic (exact) mass is 399 g/mol. The van der Waals surface area contributed by atoms with Gasteiger partial charge in [0.1, 0.15) is 12.7 Å². The minimum Gasteiger partial charge on any atom is -0.459 e. The lowest BCUT2D eigenvalue weighted by atomic mass is 9.62. The number of amides is 2. The molecule has 3 N–H and O–H groups in total. The van der Waals surface area contributed by atoms with Crippen LogP contribution >= 0.6 is 0 Å². The topological polar surface area (TPSA) is 115 Å². The van der Waals surface area contributed by atoms with E-state index in [1.54, 1.807) is 6.92 Å². The van der Waals surface area contributed by atoms with Crippen molar-refractivity contribution >= 4 is 18.2 Å². The van der Waals surface area contributed by atoms with Gasteiger partial charge in [0.05, 0.1) is 0 Å². The van der Waals surface area contributed by atoms with Crippen molar-refractivity contribution in [2.75, 3.05) is 20.2 Å². The maximum absolute atomic E-state index is 12.1. The summed E-state index contributed by atoms with van der Waals surface area (Å²) in [5.41, 5.74) is 2.12. The van der Waals surface area contributed by atoms with E-state index in [9.17, 15) is 14.4 Å². The fraction of sp³-hybridized carbons (Fsp3) is 0.737. The van der Waals surface area contributed by atoms with Crippen LogP contribution in [0, 0.1) is 10.8 Å². The van der Waals surface area contributed by atoms with Gasteiger partial charge in [-0.2, -0.15) is 5.48 Å². The van der Waals surface area contributed by atoms with E-state index in [1.165, 1.54) is 7.05 Å². The number of rotatable bonds is 8. The first-order valence-electron chi connectivity index (χ1n) is 9.36. The maximum Gasteiger partial charge on any atom is 0.426 e. The van der Waals surface area contributed by atoms with Gasteiger partial charge in [0.15, 0.2) is 0 Å². The van der Waals surface area contributed by atoms with Gasteiger partial charge >= 0.3 is 18.2 Å². The molecule has 9 nitrogen and oxygen atoms in total. The second-order valence-corrected chi connectivity index (χ2v) is 8.40. The van der Waals surface area contributed by atoms with Crippen molar-refractivity contribution in [1.82, 2.24) is 16.1 Å². The predicted molar refractivity (Wildman–Crippen MR) is 103 cm³/mol. The molecule has 28 heavy (non-hydrogen) atoms. The van der Waals surface area contributed by atoms with Gasteiger partial charge < -0.3 is 24.9 Å². The summed E-state index contributed by atoms with van der Waals surface area (Å²) in [6.45, 7) is 11.6. The average molecular weight is 399 g/mol. The molecule has 3 unspecified atom stereocenters. The van der Waals surface area contributed by atoms with E-state index < -0.39 is 24.3 Å². The SMILES string of the molecule is C=CC(=O)OCC(C)OC(=O)NCC1(C)CC(NC(=O)ONC)CC(C)(C)C1. The number of hydrogen-bond acceptors (Lipinski definition) is 7. The van der Waals surface area contributed by atoms with Crippen LogP contribution in [0.4, 0.5) is 9.59 Å². The Morgan fingerprint density at radius 1 is 1.21 bits per heavy atom. The lowest BCUT2D eigenvalue weighted by molar-refractivity contribution is -0.140. The molecule has 2 amide bonds. The second-order valence-electron chi connectivity index (χ2n) is 8.40. The molecule has 0 bridgehead atoms. The highest BCUT2D eigenvalue weighted by Crippen LogP contribution is 2.45. The van der Waals surface area contributed by atoms with Crippen LogP contribution in [0.3, 0.4) is 0 Å². The number of alkyl carbamates (subject to hydrolysis) is 1. The highest BCUT2D eigenvalue weighted by molar-refractivity contribution is 5.81. The summed E-state index contributed by atoms with van der Waals surface area (Å²) in [5, 5.41) is 5.64. The van der Waals surface area contributed by atoms with Crippen LogP contribution in [0.15, 0.2) is 12.7 Å². The normalized spacial score (nSPS) is 24.4. The number of carbonyl (C=O) groups excluding carboxylic acids is 3. The van der Waals surface area contributed by atoms with E-state index >= 15 is 0 Å². The molecule has 0 aromatic heterocycles.